The van der Waals surface area contributed by atoms with Crippen molar-refractivity contribution in [2.24, 2.45) is 0 Å². The van der Waals surface area contributed by atoms with Gasteiger partial charge in [-0.3, -0.25) is 0 Å². The molecule has 2 aromatic rings. The van der Waals surface area contributed by atoms with Crippen molar-refractivity contribution in [1.29, 1.82) is 0 Å². The molecule has 34 heavy (non-hydrogen) atoms. The Hall–Kier alpha value is -2.79. The standard InChI is InChI=1S/C23H29F3N4O4/c1-32-8-5-28-15-21(27-16-28)19-11-18(17-3-2-4-20(12-17)34-23(24,25)26)13-30(14-19)22(31)29-6-9-33-10-7-29/h2-4,12,15-16,18-19H,5-11,13-14H2,1H3. The lowest BCUT2D eigenvalue weighted by molar-refractivity contribution is -0.274. The molecule has 0 radical (unpaired) electrons. The lowest BCUT2D eigenvalue weighted by Crippen LogP contribution is -2.52. The number of carbonyl (C=O) groups excluding carboxylic acids is 1. The van der Waals surface area contributed by atoms with Crippen LogP contribution >= 0.6 is 0 Å². The Morgan fingerprint density at radius 1 is 1.18 bits per heavy atom. The molecule has 186 valence electrons. The van der Waals surface area contributed by atoms with Crippen LogP contribution in [0.5, 0.6) is 5.75 Å². The van der Waals surface area contributed by atoms with Gasteiger partial charge >= 0.3 is 12.4 Å². The number of halogens is 3. The van der Waals surface area contributed by atoms with Gasteiger partial charge in [-0.05, 0) is 24.1 Å². The van der Waals surface area contributed by atoms with Gasteiger partial charge in [-0.2, -0.15) is 0 Å². The van der Waals surface area contributed by atoms with Gasteiger partial charge in [0.1, 0.15) is 5.75 Å². The Balaban J connectivity index is 1.57. The quantitative estimate of drug-likeness (QED) is 0.631. The molecular weight excluding hydrogens is 453 g/mol. The van der Waals surface area contributed by atoms with Gasteiger partial charge in [-0.15, -0.1) is 13.2 Å². The van der Waals surface area contributed by atoms with Crippen LogP contribution in [0.3, 0.4) is 0 Å². The molecular formula is C23H29F3N4O4. The van der Waals surface area contributed by atoms with E-state index in [4.69, 9.17) is 9.47 Å². The zero-order valence-electron chi connectivity index (χ0n) is 19.0. The van der Waals surface area contributed by atoms with Crippen LogP contribution < -0.4 is 4.74 Å². The number of ether oxygens (including phenoxy) is 3. The molecule has 0 saturated carbocycles. The molecule has 4 rings (SSSR count). The Labute approximate surface area is 196 Å². The first kappa shape index (κ1) is 24.3. The predicted octanol–water partition coefficient (Wildman–Crippen LogP) is 3.45. The lowest BCUT2D eigenvalue weighted by atomic mass is 9.83. The van der Waals surface area contributed by atoms with Gasteiger partial charge in [-0.25, -0.2) is 9.78 Å². The van der Waals surface area contributed by atoms with Crippen LogP contribution in [-0.4, -0.2) is 84.9 Å². The van der Waals surface area contributed by atoms with Crippen molar-refractivity contribution in [2.45, 2.75) is 31.2 Å². The number of benzene rings is 1. The van der Waals surface area contributed by atoms with Crippen LogP contribution in [-0.2, 0) is 16.0 Å². The Morgan fingerprint density at radius 3 is 2.68 bits per heavy atom. The molecule has 0 N–H and O–H groups in total. The van der Waals surface area contributed by atoms with E-state index in [1.807, 2.05) is 10.8 Å². The number of urea groups is 1. The number of amides is 2. The fourth-order valence-electron chi connectivity index (χ4n) is 4.54. The second-order valence-electron chi connectivity index (χ2n) is 8.57. The maximum atomic E-state index is 13.3. The van der Waals surface area contributed by atoms with Gasteiger partial charge < -0.3 is 28.6 Å². The van der Waals surface area contributed by atoms with Gasteiger partial charge in [0, 0.05) is 57.9 Å². The van der Waals surface area contributed by atoms with E-state index in [0.717, 1.165) is 5.69 Å². The van der Waals surface area contributed by atoms with Crippen LogP contribution in [0, 0.1) is 0 Å². The molecule has 8 nitrogen and oxygen atoms in total. The zero-order chi connectivity index (χ0) is 24.1. The molecule has 2 atom stereocenters. The van der Waals surface area contributed by atoms with Crippen molar-refractivity contribution in [3.63, 3.8) is 0 Å². The number of piperidine rings is 1. The number of rotatable bonds is 6. The summed E-state index contributed by atoms with van der Waals surface area (Å²) in [4.78, 5) is 21.4. The number of imidazole rings is 1. The number of alkyl halides is 3. The summed E-state index contributed by atoms with van der Waals surface area (Å²) in [6.07, 6.45) is -0.415. The number of hydrogen-bond acceptors (Lipinski definition) is 5. The van der Waals surface area contributed by atoms with Crippen molar-refractivity contribution >= 4 is 6.03 Å². The molecule has 2 fully saturated rings. The molecule has 1 aromatic carbocycles. The number of carbonyl (C=O) groups is 1. The number of hydrogen-bond donors (Lipinski definition) is 0. The second kappa shape index (κ2) is 10.6. The predicted molar refractivity (Wildman–Crippen MR) is 117 cm³/mol. The van der Waals surface area contributed by atoms with Crippen LogP contribution in [0.15, 0.2) is 36.8 Å². The van der Waals surface area contributed by atoms with Gasteiger partial charge in [-0.1, -0.05) is 12.1 Å². The van der Waals surface area contributed by atoms with Gasteiger partial charge in [0.05, 0.1) is 31.8 Å². The van der Waals surface area contributed by atoms with Crippen molar-refractivity contribution in [3.05, 3.63) is 48.0 Å². The Kier molecular flexibility index (Phi) is 7.62. The third kappa shape index (κ3) is 6.20. The topological polar surface area (TPSA) is 69.1 Å². The van der Waals surface area contributed by atoms with Gasteiger partial charge in [0.2, 0.25) is 0 Å². The summed E-state index contributed by atoms with van der Waals surface area (Å²) in [7, 11) is 1.63. The molecule has 0 bridgehead atoms. The van der Waals surface area contributed by atoms with Crippen molar-refractivity contribution in [3.8, 4) is 5.75 Å². The third-order valence-electron chi connectivity index (χ3n) is 6.19. The SMILES string of the molecule is COCCn1cnc(C2CC(c3cccc(OC(F)(F)F)c3)CN(C(=O)N3CCOCC3)C2)c1. The molecule has 2 saturated heterocycles. The maximum Gasteiger partial charge on any atom is 0.573 e. The van der Waals surface area contributed by atoms with Crippen LogP contribution in [0.25, 0.3) is 0 Å². The highest BCUT2D eigenvalue weighted by Crippen LogP contribution is 2.37. The highest BCUT2D eigenvalue weighted by atomic mass is 19.4. The summed E-state index contributed by atoms with van der Waals surface area (Å²) in [6.45, 7) is 4.14. The molecule has 2 aliphatic heterocycles. The van der Waals surface area contributed by atoms with E-state index in [9.17, 15) is 18.0 Å². The Morgan fingerprint density at radius 2 is 1.94 bits per heavy atom. The summed E-state index contributed by atoms with van der Waals surface area (Å²) in [5.74, 6) is -0.480. The third-order valence-corrected chi connectivity index (χ3v) is 6.19. The van der Waals surface area contributed by atoms with E-state index >= 15 is 0 Å². The first-order chi connectivity index (χ1) is 16.3. The normalized spacial score (nSPS) is 21.5. The summed E-state index contributed by atoms with van der Waals surface area (Å²) in [5.41, 5.74) is 1.55. The molecule has 0 aliphatic carbocycles. The average molecular weight is 483 g/mol. The highest BCUT2D eigenvalue weighted by Gasteiger charge is 2.36. The largest absolute Gasteiger partial charge is 0.573 e. The maximum absolute atomic E-state index is 13.3. The van der Waals surface area contributed by atoms with E-state index < -0.39 is 6.36 Å². The molecule has 2 amide bonds. The number of aromatic nitrogens is 2. The minimum atomic E-state index is -4.76. The van der Waals surface area contributed by atoms with E-state index in [1.54, 1.807) is 35.4 Å². The van der Waals surface area contributed by atoms with Crippen LogP contribution in [0.1, 0.15) is 29.5 Å². The Bertz CT molecular complexity index is 962. The molecule has 0 spiro atoms. The van der Waals surface area contributed by atoms with Crippen molar-refractivity contribution < 1.29 is 32.2 Å². The first-order valence-corrected chi connectivity index (χ1v) is 11.3. The summed E-state index contributed by atoms with van der Waals surface area (Å²) >= 11 is 0. The lowest BCUT2D eigenvalue weighted by Gasteiger charge is -2.40. The molecule has 1 aromatic heterocycles. The highest BCUT2D eigenvalue weighted by molar-refractivity contribution is 5.75. The van der Waals surface area contributed by atoms with Crippen LogP contribution in [0.2, 0.25) is 0 Å². The van der Waals surface area contributed by atoms with Crippen LogP contribution in [0.4, 0.5) is 18.0 Å². The number of likely N-dealkylation sites (tertiary alicyclic amines) is 1. The molecule has 2 aliphatic rings. The number of nitrogens with zero attached hydrogens (tertiary/aromatic N) is 4. The second-order valence-corrected chi connectivity index (χ2v) is 8.57. The smallest absolute Gasteiger partial charge is 0.406 e. The van der Waals surface area contributed by atoms with E-state index in [2.05, 4.69) is 9.72 Å². The van der Waals surface area contributed by atoms with E-state index in [1.165, 1.54) is 12.1 Å². The first-order valence-electron chi connectivity index (χ1n) is 11.3. The number of morpholine rings is 1. The summed E-state index contributed by atoms with van der Waals surface area (Å²) < 4.78 is 54.8. The molecule has 3 heterocycles. The average Bonchev–Trinajstić information content (AvgIpc) is 3.31. The minimum absolute atomic E-state index is 0.0558. The molecule has 2 unspecified atom stereocenters. The summed E-state index contributed by atoms with van der Waals surface area (Å²) in [6, 6.07) is 5.94. The van der Waals surface area contributed by atoms with Crippen molar-refractivity contribution in [2.75, 3.05) is 53.1 Å². The fraction of sp³-hybridized carbons (Fsp3) is 0.565. The summed E-state index contributed by atoms with van der Waals surface area (Å²) in [5, 5.41) is 0. The van der Waals surface area contributed by atoms with Gasteiger partial charge in [0.15, 0.2) is 0 Å². The van der Waals surface area contributed by atoms with Gasteiger partial charge in [0.25, 0.3) is 0 Å². The number of methoxy groups -OCH3 is 1. The zero-order valence-corrected chi connectivity index (χ0v) is 19.0. The molecule has 11 heteroatoms. The monoisotopic (exact) mass is 482 g/mol. The minimum Gasteiger partial charge on any atom is -0.406 e. The van der Waals surface area contributed by atoms with Crippen molar-refractivity contribution in [1.82, 2.24) is 19.4 Å². The fourth-order valence-corrected chi connectivity index (χ4v) is 4.54. The van der Waals surface area contributed by atoms with E-state index in [0.29, 0.717) is 64.5 Å². The van der Waals surface area contributed by atoms with E-state index in [-0.39, 0.29) is 23.6 Å².